The molecule has 91 heavy (non-hydrogen) atoms. The summed E-state index contributed by atoms with van der Waals surface area (Å²) in [6, 6.07) is 54.1. The van der Waals surface area contributed by atoms with Crippen molar-refractivity contribution in [3.63, 3.8) is 0 Å². The van der Waals surface area contributed by atoms with E-state index in [1.807, 2.05) is 114 Å². The SMILES string of the molecule is [2H]c1c([2H])c([2H])c(-c2cccc3c2-c2ccccc2-c2cc(-c4c([2H])c([2H])c5c(c4[2H])C(C([2H])([2H])[2H])(C([2H])([2H])[2H])C([2H])([2H])C([2H])([2H])C5(C([2H])([2H])[2H])C([2H])([2H])[2H])cc4c2[n+]([c-]n4-c2[c-]c(Oc4[c-]c5c(cc4)c4ccccc4n5-c4cc(C(C)(C)C)ccn4)ccc2)-c2c(-c4ccc5oc6ccccc6c5c4)cccc2-3)c([2H])c1[2H].[Pt]. The van der Waals surface area contributed by atoms with Gasteiger partial charge < -0.3 is 18.3 Å². The summed E-state index contributed by atoms with van der Waals surface area (Å²) in [5.74, 6) is 1.02. The predicted molar refractivity (Wildman–Crippen MR) is 367 cm³/mol. The molecular weight excluding hydrogens is 1290 g/mol. The maximum Gasteiger partial charge on any atom is 0.268 e. The molecule has 0 bridgehead atoms. The minimum Gasteiger partial charge on any atom is -0.510 e. The van der Waals surface area contributed by atoms with Gasteiger partial charge in [-0.1, -0.05) is 211 Å². The zero-order valence-corrected chi connectivity index (χ0v) is 51.1. The summed E-state index contributed by atoms with van der Waals surface area (Å²) >= 11 is 0. The molecule has 6 nitrogen and oxygen atoms in total. The number of ether oxygens (including phenoxy) is 1. The van der Waals surface area contributed by atoms with E-state index in [0.29, 0.717) is 61.6 Å². The first-order chi connectivity index (χ1) is 53.6. The molecule has 15 aromatic rings. The Morgan fingerprint density at radius 1 is 0.560 bits per heavy atom. The van der Waals surface area contributed by atoms with Gasteiger partial charge in [0.2, 0.25) is 0 Å². The molecule has 4 aromatic heterocycles. The van der Waals surface area contributed by atoms with Crippen LogP contribution in [0.3, 0.4) is 0 Å². The Labute approximate surface area is 578 Å². The summed E-state index contributed by atoms with van der Waals surface area (Å²) in [7, 11) is 0. The molecule has 1 aliphatic heterocycles. The van der Waals surface area contributed by atoms with Crippen molar-refractivity contribution in [1.82, 2.24) is 14.1 Å². The molecule has 444 valence electrons. The average Bonchev–Trinajstić information content (AvgIpc) is 1.18. The molecular formula is C84H64N4O2Pt-2. The topological polar surface area (TPSA) is 49.0 Å². The monoisotopic (exact) mass is 1380 g/mol. The zero-order valence-electron chi connectivity index (χ0n) is 72.8. The van der Waals surface area contributed by atoms with E-state index in [4.69, 9.17) is 26.5 Å². The fraction of sp³-hybridized carbons (Fsp3) is 0.143. The Morgan fingerprint density at radius 3 is 2.11 bits per heavy atom. The third-order valence-corrected chi connectivity index (χ3v) is 17.2. The Hall–Kier alpha value is -9.87. The molecule has 11 aromatic carbocycles. The van der Waals surface area contributed by atoms with Gasteiger partial charge in [-0.15, -0.1) is 29.7 Å². The number of aromatic nitrogens is 4. The van der Waals surface area contributed by atoms with E-state index in [-0.39, 0.29) is 82.5 Å². The number of nitrogens with zero attached hydrogens (tertiary/aromatic N) is 4. The Kier molecular flexibility index (Phi) is 8.38. The van der Waals surface area contributed by atoms with Crippen LogP contribution in [0.1, 0.15) is 111 Å². The standard InChI is InChI=1S/C84H64N4O2.Pt/c1-82(2,3)56-40-43-85-78(48-56)88-73-32-15-13-25-63(73)64-37-36-59(50-74(64)88)89-58-23-17-22-57(49-58)86-51-87-80-61(54-35-39-77-69(44-54)65-26-14-16-33-76(65)90-77)29-19-31-68(80)67-30-18-28-60(52-20-9-8-10-21-52)79(67)66-27-12-11-24-62(66)70-45-55(47-75(86)81(70)87)53-34-38-71-72(46-53)84(6,7)42-41-83(71,4)5;/h8-40,43-48H,41-42H2,1-7H3;/q-2;/i4D3,5D3,6D3,7D3,8D,9D,10D,20D,21D,34D,38D,41D2,42D2,46D;. The molecule has 0 fully saturated rings. The molecule has 0 atom stereocenters. The van der Waals surface area contributed by atoms with Crippen molar-refractivity contribution in [2.45, 2.75) is 77.2 Å². The van der Waals surface area contributed by atoms with Crippen molar-refractivity contribution >= 4 is 54.8 Å². The molecule has 0 spiro atoms. The van der Waals surface area contributed by atoms with E-state index >= 15 is 0 Å². The smallest absolute Gasteiger partial charge is 0.268 e. The minimum absolute atomic E-state index is 0. The number of benzene rings is 11. The maximum atomic E-state index is 10.6. The molecule has 0 amide bonds. The van der Waals surface area contributed by atoms with Crippen LogP contribution in [0.15, 0.2) is 241 Å². The van der Waals surface area contributed by atoms with Crippen LogP contribution in [0, 0.1) is 18.5 Å². The normalized spacial score (nSPS) is 19.4. The predicted octanol–water partition coefficient (Wildman–Crippen LogP) is 21.5. The summed E-state index contributed by atoms with van der Waals surface area (Å²) < 4.78 is 243. The van der Waals surface area contributed by atoms with Gasteiger partial charge in [0, 0.05) is 77.0 Å². The van der Waals surface area contributed by atoms with Crippen LogP contribution in [-0.2, 0) is 37.3 Å². The van der Waals surface area contributed by atoms with Crippen LogP contribution in [0.4, 0.5) is 0 Å². The van der Waals surface area contributed by atoms with Gasteiger partial charge in [0.25, 0.3) is 6.33 Å². The molecule has 0 saturated carbocycles. The van der Waals surface area contributed by atoms with Crippen LogP contribution in [0.25, 0.3) is 139 Å². The molecule has 2 aliphatic rings. The van der Waals surface area contributed by atoms with Gasteiger partial charge in [-0.3, -0.25) is 4.57 Å². The third-order valence-electron chi connectivity index (χ3n) is 17.2. The second-order valence-electron chi connectivity index (χ2n) is 23.8. The molecule has 1 aliphatic carbocycles. The summed E-state index contributed by atoms with van der Waals surface area (Å²) in [5.41, 5.74) is -5.78. The minimum atomic E-state index is -4.63. The van der Waals surface area contributed by atoms with Crippen LogP contribution >= 0.6 is 0 Å². The number of hydrogen-bond acceptors (Lipinski definition) is 3. The van der Waals surface area contributed by atoms with Crippen molar-refractivity contribution < 1.29 is 67.7 Å². The van der Waals surface area contributed by atoms with Gasteiger partial charge in [-0.25, -0.2) is 4.98 Å². The molecule has 0 unspecified atom stereocenters. The molecule has 7 heteroatoms. The van der Waals surface area contributed by atoms with Crippen molar-refractivity contribution in [3.05, 3.63) is 272 Å². The molecule has 17 rings (SSSR count). The third kappa shape index (κ3) is 9.16. The summed E-state index contributed by atoms with van der Waals surface area (Å²) in [6.45, 7) is -11.0. The van der Waals surface area contributed by atoms with E-state index in [1.165, 1.54) is 12.1 Å². The second-order valence-corrected chi connectivity index (χ2v) is 23.8. The van der Waals surface area contributed by atoms with E-state index in [0.717, 1.165) is 32.6 Å². The molecule has 5 heterocycles. The Balaban J connectivity index is 0.00000994. The van der Waals surface area contributed by atoms with Gasteiger partial charge in [-0.2, -0.15) is 18.2 Å². The maximum absolute atomic E-state index is 10.6. The molecule has 0 saturated heterocycles. The van der Waals surface area contributed by atoms with E-state index in [2.05, 4.69) is 39.2 Å². The first-order valence-corrected chi connectivity index (χ1v) is 29.3. The molecule has 0 radical (unpaired) electrons. The first kappa shape index (κ1) is 36.1. The van der Waals surface area contributed by atoms with Crippen LogP contribution in [-0.4, -0.2) is 14.1 Å². The van der Waals surface area contributed by atoms with Crippen LogP contribution < -0.4 is 9.30 Å². The first-order valence-electron chi connectivity index (χ1n) is 41.3. The quantitative estimate of drug-likeness (QED) is 0.118. The zero-order chi connectivity index (χ0) is 81.3. The summed E-state index contributed by atoms with van der Waals surface area (Å²) in [6.07, 6.45) is -3.79. The number of furan rings is 1. The summed E-state index contributed by atoms with van der Waals surface area (Å²) in [4.78, 5) is 4.85. The van der Waals surface area contributed by atoms with Crippen molar-refractivity contribution in [2.24, 2.45) is 0 Å². The second kappa shape index (κ2) is 21.1. The van der Waals surface area contributed by atoms with Crippen LogP contribution in [0.2, 0.25) is 0 Å². The van der Waals surface area contributed by atoms with Crippen LogP contribution in [0.5, 0.6) is 11.5 Å². The van der Waals surface area contributed by atoms with Crippen molar-refractivity contribution in [2.75, 3.05) is 0 Å². The number of imidazole rings is 1. The molecule has 0 N–H and O–H groups in total. The Bertz CT molecular complexity index is 6600. The van der Waals surface area contributed by atoms with Gasteiger partial charge in [0.15, 0.2) is 0 Å². The number of rotatable bonds is 7. The number of hydrogen-bond donors (Lipinski definition) is 0. The fourth-order valence-corrected chi connectivity index (χ4v) is 13.0. The van der Waals surface area contributed by atoms with Gasteiger partial charge in [0.1, 0.15) is 17.0 Å². The van der Waals surface area contributed by atoms with Gasteiger partial charge >= 0.3 is 0 Å². The van der Waals surface area contributed by atoms with E-state index < -0.39 is 116 Å². The number of fused-ring (bicyclic) bond motifs is 14. The largest absolute Gasteiger partial charge is 0.510 e. The van der Waals surface area contributed by atoms with E-state index in [9.17, 15) is 20.6 Å². The van der Waals surface area contributed by atoms with E-state index in [1.54, 1.807) is 76.0 Å². The van der Waals surface area contributed by atoms with Crippen molar-refractivity contribution in [3.8, 4) is 95.5 Å². The summed E-state index contributed by atoms with van der Waals surface area (Å²) in [5, 5.41) is 3.32. The van der Waals surface area contributed by atoms with Gasteiger partial charge in [-0.05, 0) is 166 Å². The fourth-order valence-electron chi connectivity index (χ4n) is 13.0. The number of para-hydroxylation sites is 3. The average molecular weight is 1380 g/mol. The van der Waals surface area contributed by atoms with Crippen molar-refractivity contribution in [1.29, 1.82) is 0 Å². The van der Waals surface area contributed by atoms with Gasteiger partial charge in [0.05, 0.1) is 27.7 Å². The number of pyridine rings is 1. The Morgan fingerprint density at radius 2 is 1.27 bits per heavy atom.